The third-order valence-electron chi connectivity index (χ3n) is 5.23. The van der Waals surface area contributed by atoms with Crippen LogP contribution in [0.4, 0.5) is 4.39 Å². The highest BCUT2D eigenvalue weighted by molar-refractivity contribution is 5.81. The van der Waals surface area contributed by atoms with Crippen LogP contribution in [-0.2, 0) is 6.54 Å². The summed E-state index contributed by atoms with van der Waals surface area (Å²) in [6.07, 6.45) is 2.64. The minimum Gasteiger partial charge on any atom is -0.464 e. The van der Waals surface area contributed by atoms with Gasteiger partial charge in [-0.15, -0.1) is 0 Å². The zero-order valence-corrected chi connectivity index (χ0v) is 13.9. The minimum atomic E-state index is -0.0998. The van der Waals surface area contributed by atoms with Crippen molar-refractivity contribution in [1.29, 1.82) is 0 Å². The molecule has 1 aliphatic heterocycles. The molecule has 2 nitrogen and oxygen atoms in total. The van der Waals surface area contributed by atoms with Gasteiger partial charge in [0.2, 0.25) is 0 Å². The van der Waals surface area contributed by atoms with Gasteiger partial charge in [-0.1, -0.05) is 37.3 Å². The molecule has 124 valence electrons. The Morgan fingerprint density at radius 1 is 1.12 bits per heavy atom. The second-order valence-electron chi connectivity index (χ2n) is 6.89. The molecule has 2 heterocycles. The average molecular weight is 323 g/mol. The topological polar surface area (TPSA) is 16.4 Å². The van der Waals surface area contributed by atoms with E-state index >= 15 is 0 Å². The van der Waals surface area contributed by atoms with E-state index in [9.17, 15) is 4.39 Å². The van der Waals surface area contributed by atoms with Crippen LogP contribution in [0.3, 0.4) is 0 Å². The fourth-order valence-electron chi connectivity index (χ4n) is 4.06. The van der Waals surface area contributed by atoms with Crippen LogP contribution < -0.4 is 0 Å². The summed E-state index contributed by atoms with van der Waals surface area (Å²) in [5.74, 6) is 0.563. The molecule has 1 aliphatic rings. The number of likely N-dealkylation sites (tertiary alicyclic amines) is 1. The molecule has 1 aromatic heterocycles. The largest absolute Gasteiger partial charge is 0.464 e. The number of benzene rings is 2. The highest BCUT2D eigenvalue weighted by Gasteiger charge is 2.30. The van der Waals surface area contributed by atoms with Gasteiger partial charge in [-0.25, -0.2) is 4.39 Å². The molecule has 0 radical (unpaired) electrons. The van der Waals surface area contributed by atoms with E-state index in [0.29, 0.717) is 5.92 Å². The van der Waals surface area contributed by atoms with Crippen LogP contribution in [0.1, 0.15) is 30.4 Å². The first-order valence-corrected chi connectivity index (χ1v) is 8.64. The molecule has 2 aromatic carbocycles. The molecular formula is C21H22FNO. The van der Waals surface area contributed by atoms with Gasteiger partial charge in [0, 0.05) is 24.0 Å². The van der Waals surface area contributed by atoms with Crippen molar-refractivity contribution in [2.75, 3.05) is 13.1 Å². The third kappa shape index (κ3) is 2.84. The zero-order chi connectivity index (χ0) is 16.5. The predicted molar refractivity (Wildman–Crippen MR) is 94.4 cm³/mol. The molecule has 1 saturated heterocycles. The lowest BCUT2D eigenvalue weighted by Crippen LogP contribution is -2.38. The van der Waals surface area contributed by atoms with Crippen molar-refractivity contribution in [2.24, 2.45) is 5.92 Å². The number of halogens is 1. The molecule has 24 heavy (non-hydrogen) atoms. The molecule has 0 saturated carbocycles. The molecular weight excluding hydrogens is 301 g/mol. The average Bonchev–Trinajstić information content (AvgIpc) is 3.05. The van der Waals surface area contributed by atoms with Crippen molar-refractivity contribution in [1.82, 2.24) is 4.90 Å². The first-order chi connectivity index (χ1) is 11.7. The van der Waals surface area contributed by atoms with E-state index in [-0.39, 0.29) is 11.7 Å². The molecule has 0 unspecified atom stereocenters. The fraction of sp³-hybridized carbons (Fsp3) is 0.333. The van der Waals surface area contributed by atoms with E-state index in [2.05, 4.69) is 36.1 Å². The zero-order valence-electron chi connectivity index (χ0n) is 13.9. The number of fused-ring (bicyclic) bond motifs is 1. The van der Waals surface area contributed by atoms with Crippen molar-refractivity contribution in [3.05, 3.63) is 71.7 Å². The highest BCUT2D eigenvalue weighted by Crippen LogP contribution is 2.38. The van der Waals surface area contributed by atoms with Gasteiger partial charge in [0.05, 0.1) is 6.26 Å². The maximum absolute atomic E-state index is 14.5. The molecule has 3 aromatic rings. The Labute approximate surface area is 141 Å². The number of hydrogen-bond donors (Lipinski definition) is 0. The lowest BCUT2D eigenvalue weighted by atomic mass is 9.80. The Kier molecular flexibility index (Phi) is 4.11. The number of nitrogens with zero attached hydrogens (tertiary/aromatic N) is 1. The van der Waals surface area contributed by atoms with E-state index in [0.717, 1.165) is 42.6 Å². The quantitative estimate of drug-likeness (QED) is 0.659. The van der Waals surface area contributed by atoms with Gasteiger partial charge in [-0.3, -0.25) is 4.90 Å². The summed E-state index contributed by atoms with van der Waals surface area (Å²) in [5.41, 5.74) is 2.96. The molecule has 4 rings (SSSR count). The van der Waals surface area contributed by atoms with Crippen LogP contribution in [0.5, 0.6) is 0 Å². The van der Waals surface area contributed by atoms with E-state index in [1.807, 2.05) is 12.1 Å². The van der Waals surface area contributed by atoms with Crippen molar-refractivity contribution < 1.29 is 8.81 Å². The Morgan fingerprint density at radius 3 is 2.75 bits per heavy atom. The van der Waals surface area contributed by atoms with Gasteiger partial charge in [-0.05, 0) is 48.6 Å². The van der Waals surface area contributed by atoms with E-state index in [4.69, 9.17) is 4.42 Å². The summed E-state index contributed by atoms with van der Waals surface area (Å²) >= 11 is 0. The lowest BCUT2D eigenvalue weighted by molar-refractivity contribution is 0.155. The van der Waals surface area contributed by atoms with E-state index < -0.39 is 0 Å². The molecule has 0 bridgehead atoms. The summed E-state index contributed by atoms with van der Waals surface area (Å²) in [7, 11) is 0. The Morgan fingerprint density at radius 2 is 1.96 bits per heavy atom. The molecule has 1 fully saturated rings. The van der Waals surface area contributed by atoms with Crippen molar-refractivity contribution >= 4 is 11.0 Å². The van der Waals surface area contributed by atoms with Gasteiger partial charge in [0.1, 0.15) is 11.4 Å². The van der Waals surface area contributed by atoms with Crippen LogP contribution in [0, 0.1) is 11.7 Å². The second kappa shape index (κ2) is 6.40. The summed E-state index contributed by atoms with van der Waals surface area (Å²) < 4.78 is 20.0. The van der Waals surface area contributed by atoms with E-state index in [1.54, 1.807) is 18.4 Å². The minimum absolute atomic E-state index is 0.0998. The van der Waals surface area contributed by atoms with Crippen molar-refractivity contribution in [2.45, 2.75) is 25.8 Å². The predicted octanol–water partition coefficient (Wildman–Crippen LogP) is 5.20. The molecule has 2 atom stereocenters. The van der Waals surface area contributed by atoms with Gasteiger partial charge in [0.15, 0.2) is 0 Å². The highest BCUT2D eigenvalue weighted by atomic mass is 19.1. The molecule has 0 N–H and O–H groups in total. The molecule has 0 aliphatic carbocycles. The van der Waals surface area contributed by atoms with Crippen LogP contribution in [0.15, 0.2) is 59.2 Å². The first kappa shape index (κ1) is 15.4. The van der Waals surface area contributed by atoms with Crippen molar-refractivity contribution in [3.8, 4) is 0 Å². The van der Waals surface area contributed by atoms with Crippen LogP contribution in [0.25, 0.3) is 11.0 Å². The van der Waals surface area contributed by atoms with Gasteiger partial charge >= 0.3 is 0 Å². The summed E-state index contributed by atoms with van der Waals surface area (Å²) in [5, 5.41) is 0.934. The van der Waals surface area contributed by atoms with Crippen LogP contribution >= 0.6 is 0 Å². The van der Waals surface area contributed by atoms with Gasteiger partial charge < -0.3 is 4.42 Å². The monoisotopic (exact) mass is 323 g/mol. The Balaban J connectivity index is 1.54. The maximum atomic E-state index is 14.5. The fourth-order valence-corrected chi connectivity index (χ4v) is 4.06. The lowest BCUT2D eigenvalue weighted by Gasteiger charge is -2.37. The molecule has 3 heteroatoms. The smallest absolute Gasteiger partial charge is 0.134 e. The molecule has 0 spiro atoms. The number of piperidine rings is 1. The van der Waals surface area contributed by atoms with Crippen molar-refractivity contribution in [3.63, 3.8) is 0 Å². The first-order valence-electron chi connectivity index (χ1n) is 8.64. The van der Waals surface area contributed by atoms with E-state index in [1.165, 1.54) is 5.56 Å². The Hall–Kier alpha value is -2.13. The summed E-state index contributed by atoms with van der Waals surface area (Å²) in [6.45, 7) is 5.20. The van der Waals surface area contributed by atoms with Gasteiger partial charge in [-0.2, -0.15) is 0 Å². The SMILES string of the molecule is C[C@@H]1CN(Cc2ccccc2)CC[C@@H]1c1c(F)ccc2occc12. The number of rotatable bonds is 3. The second-order valence-corrected chi connectivity index (χ2v) is 6.89. The van der Waals surface area contributed by atoms with Crippen LogP contribution in [-0.4, -0.2) is 18.0 Å². The summed E-state index contributed by atoms with van der Waals surface area (Å²) in [4.78, 5) is 2.48. The molecule has 0 amide bonds. The Bertz CT molecular complexity index is 826. The number of hydrogen-bond acceptors (Lipinski definition) is 2. The maximum Gasteiger partial charge on any atom is 0.134 e. The summed E-state index contributed by atoms with van der Waals surface area (Å²) in [6, 6.07) is 15.7. The van der Waals surface area contributed by atoms with Gasteiger partial charge in [0.25, 0.3) is 0 Å². The number of furan rings is 1. The van der Waals surface area contributed by atoms with Crippen LogP contribution in [0.2, 0.25) is 0 Å². The normalized spacial score (nSPS) is 22.1. The standard InChI is InChI=1S/C21H22FNO/c1-15-13-23(14-16-5-3-2-4-6-16)11-9-17(15)21-18-10-12-24-20(18)8-7-19(21)22/h2-8,10,12,15,17H,9,11,13-14H2,1H3/t15-,17+/m1/s1. The third-order valence-corrected chi connectivity index (χ3v) is 5.23.